The number of sulfonamides is 1. The van der Waals surface area contributed by atoms with E-state index in [2.05, 4.69) is 21.1 Å². The van der Waals surface area contributed by atoms with E-state index in [9.17, 15) is 17.6 Å². The van der Waals surface area contributed by atoms with Gasteiger partial charge in [0.1, 0.15) is 5.82 Å². The van der Waals surface area contributed by atoms with E-state index in [0.29, 0.717) is 18.9 Å². The standard InChI is InChI=1S/C28H34FN3O4S/c1-3-36-28(33)31-23-10-11-24-20(14-23)15-26-27(17(2)32-37(26,34)35)25(24)12-9-22-8-7-19(16-30-22)18-5-4-6-21(29)13-18/h4-9,12-13,16-17,20,23-27,32H,3,10-11,14-15H2,1-2H3,(H,31,33)/t17-,20+,23-,24-,25+,26-,27+/m1/s1. The van der Waals surface area contributed by atoms with Gasteiger partial charge < -0.3 is 10.1 Å². The van der Waals surface area contributed by atoms with Gasteiger partial charge in [-0.25, -0.2) is 22.3 Å². The Morgan fingerprint density at radius 3 is 2.78 bits per heavy atom. The van der Waals surface area contributed by atoms with Gasteiger partial charge in [0.05, 0.1) is 17.6 Å². The minimum Gasteiger partial charge on any atom is -0.450 e. The molecule has 0 radical (unpaired) electrons. The molecule has 0 unspecified atom stereocenters. The number of pyridine rings is 1. The smallest absolute Gasteiger partial charge is 0.407 e. The zero-order valence-electron chi connectivity index (χ0n) is 21.1. The first-order chi connectivity index (χ1) is 17.7. The van der Waals surface area contributed by atoms with Gasteiger partial charge in [0.15, 0.2) is 0 Å². The Kier molecular flexibility index (Phi) is 7.36. The van der Waals surface area contributed by atoms with Crippen LogP contribution in [0, 0.1) is 29.5 Å². The molecule has 2 aliphatic carbocycles. The molecule has 1 amide bonds. The number of rotatable bonds is 5. The van der Waals surface area contributed by atoms with Crippen molar-refractivity contribution >= 4 is 22.2 Å². The molecule has 1 aliphatic heterocycles. The van der Waals surface area contributed by atoms with Gasteiger partial charge in [0.25, 0.3) is 0 Å². The molecule has 1 aromatic heterocycles. The van der Waals surface area contributed by atoms with E-state index >= 15 is 0 Å². The lowest BCUT2D eigenvalue weighted by Gasteiger charge is -2.48. The monoisotopic (exact) mass is 527 g/mol. The molecule has 1 saturated heterocycles. The van der Waals surface area contributed by atoms with Crippen molar-refractivity contribution < 1.29 is 22.3 Å². The summed E-state index contributed by atoms with van der Waals surface area (Å²) in [6, 6.07) is 10.1. The van der Waals surface area contributed by atoms with Crippen LogP contribution >= 0.6 is 0 Å². The summed E-state index contributed by atoms with van der Waals surface area (Å²) in [6.45, 7) is 4.06. The highest BCUT2D eigenvalue weighted by Crippen LogP contribution is 2.52. The van der Waals surface area contributed by atoms with Crippen LogP contribution in [0.2, 0.25) is 0 Å². The summed E-state index contributed by atoms with van der Waals surface area (Å²) in [5.41, 5.74) is 2.38. The number of halogens is 1. The Labute approximate surface area is 218 Å². The average molecular weight is 528 g/mol. The Morgan fingerprint density at radius 2 is 2.05 bits per heavy atom. The first-order valence-corrected chi connectivity index (χ1v) is 14.6. The van der Waals surface area contributed by atoms with Crippen molar-refractivity contribution in [3.05, 3.63) is 60.2 Å². The molecule has 2 N–H and O–H groups in total. The van der Waals surface area contributed by atoms with Gasteiger partial charge in [-0.05, 0) is 93.0 Å². The minimum atomic E-state index is -3.39. The highest BCUT2D eigenvalue weighted by molar-refractivity contribution is 7.90. The third-order valence-corrected chi connectivity index (χ3v) is 10.3. The Balaban J connectivity index is 1.37. The van der Waals surface area contributed by atoms with Gasteiger partial charge in [0.2, 0.25) is 10.0 Å². The zero-order chi connectivity index (χ0) is 26.2. The second kappa shape index (κ2) is 10.5. The normalized spacial score (nSPS) is 32.5. The SMILES string of the molecule is CCOC(=O)N[C@@H]1CC[C@@H]2[C@@H](C1)C[C@@H]1[C@H]([C@H]2C=Cc2ccc(-c3cccc(F)c3)cn2)[C@@H](C)NS1(=O)=O. The van der Waals surface area contributed by atoms with Crippen LogP contribution in [-0.2, 0) is 14.8 Å². The fourth-order valence-electron chi connectivity index (χ4n) is 6.76. The molecule has 1 aromatic carbocycles. The van der Waals surface area contributed by atoms with Crippen molar-refractivity contribution in [1.29, 1.82) is 0 Å². The zero-order valence-corrected chi connectivity index (χ0v) is 22.0. The molecule has 9 heteroatoms. The number of carbonyl (C=O) groups excluding carboxylic acids is 1. The van der Waals surface area contributed by atoms with Gasteiger partial charge >= 0.3 is 6.09 Å². The first-order valence-electron chi connectivity index (χ1n) is 13.1. The van der Waals surface area contributed by atoms with Crippen LogP contribution in [0.25, 0.3) is 17.2 Å². The van der Waals surface area contributed by atoms with Crippen LogP contribution in [0.3, 0.4) is 0 Å². The number of hydrogen-bond donors (Lipinski definition) is 2. The first kappa shape index (κ1) is 25.9. The maximum Gasteiger partial charge on any atom is 0.407 e. The van der Waals surface area contributed by atoms with E-state index < -0.39 is 21.4 Å². The van der Waals surface area contributed by atoms with Crippen molar-refractivity contribution in [1.82, 2.24) is 15.0 Å². The number of nitrogens with one attached hydrogen (secondary N) is 2. The van der Waals surface area contributed by atoms with Gasteiger partial charge in [-0.15, -0.1) is 0 Å². The van der Waals surface area contributed by atoms with E-state index in [1.807, 2.05) is 31.2 Å². The molecule has 3 aliphatic rings. The van der Waals surface area contributed by atoms with Crippen molar-refractivity contribution in [2.75, 3.05) is 6.61 Å². The highest BCUT2D eigenvalue weighted by Gasteiger charge is 2.55. The lowest BCUT2D eigenvalue weighted by Crippen LogP contribution is -2.50. The number of fused-ring (bicyclic) bond motifs is 2. The number of nitrogens with zero attached hydrogens (tertiary/aromatic N) is 1. The molecular formula is C28H34FN3O4S. The fourth-order valence-corrected chi connectivity index (χ4v) is 8.94. The quantitative estimate of drug-likeness (QED) is 0.585. The molecule has 198 valence electrons. The summed E-state index contributed by atoms with van der Waals surface area (Å²) in [5.74, 6) is 0.313. The Morgan fingerprint density at radius 1 is 1.22 bits per heavy atom. The molecule has 7 nitrogen and oxygen atoms in total. The van der Waals surface area contributed by atoms with Gasteiger partial charge in [0, 0.05) is 23.8 Å². The fraction of sp³-hybridized carbons (Fsp3) is 0.500. The van der Waals surface area contributed by atoms with Crippen LogP contribution in [0.15, 0.2) is 48.7 Å². The lowest BCUT2D eigenvalue weighted by atomic mass is 9.59. The lowest BCUT2D eigenvalue weighted by molar-refractivity contribution is 0.0651. The number of ether oxygens (including phenoxy) is 1. The molecule has 0 bridgehead atoms. The van der Waals surface area contributed by atoms with Crippen molar-refractivity contribution in [3.8, 4) is 11.1 Å². The summed E-state index contributed by atoms with van der Waals surface area (Å²) >= 11 is 0. The second-order valence-electron chi connectivity index (χ2n) is 10.5. The predicted octanol–water partition coefficient (Wildman–Crippen LogP) is 4.76. The maximum absolute atomic E-state index is 13.6. The molecule has 3 fully saturated rings. The summed E-state index contributed by atoms with van der Waals surface area (Å²) in [5, 5.41) is 2.52. The topological polar surface area (TPSA) is 97.4 Å². The molecule has 2 aromatic rings. The van der Waals surface area contributed by atoms with E-state index in [0.717, 1.165) is 36.1 Å². The van der Waals surface area contributed by atoms with E-state index in [4.69, 9.17) is 4.74 Å². The van der Waals surface area contributed by atoms with Gasteiger partial charge in [-0.3, -0.25) is 4.98 Å². The van der Waals surface area contributed by atoms with Crippen molar-refractivity contribution in [3.63, 3.8) is 0 Å². The number of carbonyl (C=O) groups is 1. The second-order valence-corrected chi connectivity index (χ2v) is 12.5. The summed E-state index contributed by atoms with van der Waals surface area (Å²) in [4.78, 5) is 16.5. The number of amides is 1. The highest BCUT2D eigenvalue weighted by atomic mass is 32.2. The number of alkyl carbamates (subject to hydrolysis) is 1. The molecule has 0 spiro atoms. The van der Waals surface area contributed by atoms with Gasteiger partial charge in [-0.2, -0.15) is 0 Å². The van der Waals surface area contributed by atoms with Crippen LogP contribution in [0.5, 0.6) is 0 Å². The van der Waals surface area contributed by atoms with Crippen LogP contribution in [-0.4, -0.2) is 43.4 Å². The number of allylic oxidation sites excluding steroid dienone is 1. The van der Waals surface area contributed by atoms with Crippen molar-refractivity contribution in [2.24, 2.45) is 23.7 Å². The maximum atomic E-state index is 13.6. The molecule has 5 rings (SSSR count). The van der Waals surface area contributed by atoms with Crippen LogP contribution in [0.1, 0.15) is 45.2 Å². The Hall–Kier alpha value is -2.78. The average Bonchev–Trinajstić information content (AvgIpc) is 3.09. The molecular weight excluding hydrogens is 493 g/mol. The predicted molar refractivity (Wildman–Crippen MR) is 140 cm³/mol. The van der Waals surface area contributed by atoms with Gasteiger partial charge in [-0.1, -0.05) is 24.3 Å². The Bertz CT molecular complexity index is 1270. The third kappa shape index (κ3) is 5.43. The largest absolute Gasteiger partial charge is 0.450 e. The van der Waals surface area contributed by atoms with Crippen molar-refractivity contribution in [2.45, 2.75) is 56.9 Å². The number of benzene rings is 1. The van der Waals surface area contributed by atoms with E-state index in [1.165, 1.54) is 12.1 Å². The van der Waals surface area contributed by atoms with Crippen LogP contribution in [0.4, 0.5) is 9.18 Å². The van der Waals surface area contributed by atoms with E-state index in [1.54, 1.807) is 19.2 Å². The summed E-state index contributed by atoms with van der Waals surface area (Å²) in [7, 11) is -3.39. The minimum absolute atomic E-state index is 0.00648. The molecule has 37 heavy (non-hydrogen) atoms. The summed E-state index contributed by atoms with van der Waals surface area (Å²) in [6.07, 6.45) is 8.58. The van der Waals surface area contributed by atoms with Crippen LogP contribution < -0.4 is 10.0 Å². The molecule has 2 heterocycles. The molecule has 2 saturated carbocycles. The number of aromatic nitrogens is 1. The van der Waals surface area contributed by atoms with E-state index in [-0.39, 0.29) is 35.7 Å². The summed E-state index contributed by atoms with van der Waals surface area (Å²) < 4.78 is 47.5. The third-order valence-electron chi connectivity index (χ3n) is 8.30. The number of hydrogen-bond acceptors (Lipinski definition) is 5. The molecule has 7 atom stereocenters.